The number of alkyl halides is 3. The Morgan fingerprint density at radius 1 is 1.10 bits per heavy atom. The van der Waals surface area contributed by atoms with Crippen molar-refractivity contribution in [3.8, 4) is 5.75 Å². The van der Waals surface area contributed by atoms with E-state index in [0.717, 1.165) is 5.56 Å². The molecule has 0 unspecified atom stereocenters. The van der Waals surface area contributed by atoms with E-state index in [1.54, 1.807) is 25.1 Å². The number of rotatable bonds is 8. The Hall–Kier alpha value is -2.45. The zero-order chi connectivity index (χ0) is 22.1. The Labute approximate surface area is 170 Å². The predicted octanol–water partition coefficient (Wildman–Crippen LogP) is 3.15. The van der Waals surface area contributed by atoms with Crippen molar-refractivity contribution in [1.82, 2.24) is 16.0 Å². The van der Waals surface area contributed by atoms with E-state index < -0.39 is 18.2 Å². The standard InChI is InChI=1S/C20H31F3N4O2/c1-6-24-18(26-10-9-25-17(28)19(3,4)5)27-12-15-8-7-14(2)11-16(15)29-13-20(21,22)23/h7-8,11H,6,9-10,12-13H2,1-5H3,(H,25,28)(H2,24,26,27). The summed E-state index contributed by atoms with van der Waals surface area (Å²) in [4.78, 5) is 16.3. The van der Waals surface area contributed by atoms with Gasteiger partial charge >= 0.3 is 6.18 Å². The van der Waals surface area contributed by atoms with Gasteiger partial charge in [-0.15, -0.1) is 0 Å². The van der Waals surface area contributed by atoms with E-state index in [4.69, 9.17) is 4.74 Å². The number of nitrogens with zero attached hydrogens (tertiary/aromatic N) is 1. The van der Waals surface area contributed by atoms with E-state index in [1.165, 1.54) is 0 Å². The van der Waals surface area contributed by atoms with Crippen LogP contribution in [0.1, 0.15) is 38.8 Å². The van der Waals surface area contributed by atoms with Crippen LogP contribution in [0.25, 0.3) is 0 Å². The van der Waals surface area contributed by atoms with Crippen LogP contribution in [0.2, 0.25) is 0 Å². The van der Waals surface area contributed by atoms with E-state index >= 15 is 0 Å². The van der Waals surface area contributed by atoms with E-state index in [-0.39, 0.29) is 18.2 Å². The number of nitrogens with one attached hydrogen (secondary N) is 3. The van der Waals surface area contributed by atoms with Crippen LogP contribution >= 0.6 is 0 Å². The van der Waals surface area contributed by atoms with Gasteiger partial charge in [-0.05, 0) is 25.5 Å². The van der Waals surface area contributed by atoms with Gasteiger partial charge in [0.25, 0.3) is 0 Å². The van der Waals surface area contributed by atoms with Crippen molar-refractivity contribution in [3.05, 3.63) is 29.3 Å². The smallest absolute Gasteiger partial charge is 0.422 e. The van der Waals surface area contributed by atoms with Crippen molar-refractivity contribution < 1.29 is 22.7 Å². The summed E-state index contributed by atoms with van der Waals surface area (Å²) in [6, 6.07) is 5.07. The van der Waals surface area contributed by atoms with Gasteiger partial charge in [0.05, 0.1) is 6.54 Å². The maximum absolute atomic E-state index is 12.5. The molecule has 0 fully saturated rings. The SMILES string of the molecule is CCNC(=NCc1ccc(C)cc1OCC(F)(F)F)NCCNC(=O)C(C)(C)C. The van der Waals surface area contributed by atoms with Gasteiger partial charge in [-0.1, -0.05) is 32.9 Å². The van der Waals surface area contributed by atoms with Crippen molar-refractivity contribution in [2.75, 3.05) is 26.2 Å². The normalized spacial score (nSPS) is 12.5. The minimum absolute atomic E-state index is 0.0487. The highest BCUT2D eigenvalue weighted by molar-refractivity contribution is 5.81. The molecule has 1 aromatic rings. The van der Waals surface area contributed by atoms with Crippen molar-refractivity contribution in [2.45, 2.75) is 47.3 Å². The minimum atomic E-state index is -4.40. The van der Waals surface area contributed by atoms with E-state index in [2.05, 4.69) is 20.9 Å². The summed E-state index contributed by atoms with van der Waals surface area (Å²) in [5.41, 5.74) is 0.893. The van der Waals surface area contributed by atoms with Crippen molar-refractivity contribution in [1.29, 1.82) is 0 Å². The number of benzene rings is 1. The predicted molar refractivity (Wildman–Crippen MR) is 108 cm³/mol. The van der Waals surface area contributed by atoms with Crippen LogP contribution in [0, 0.1) is 12.3 Å². The summed E-state index contributed by atoms with van der Waals surface area (Å²) < 4.78 is 42.4. The number of hydrogen-bond acceptors (Lipinski definition) is 3. The van der Waals surface area contributed by atoms with Gasteiger partial charge in [0.15, 0.2) is 12.6 Å². The Morgan fingerprint density at radius 3 is 2.34 bits per heavy atom. The van der Waals surface area contributed by atoms with Gasteiger partial charge in [-0.25, -0.2) is 4.99 Å². The molecule has 6 nitrogen and oxygen atoms in total. The molecule has 3 N–H and O–H groups in total. The number of hydrogen-bond donors (Lipinski definition) is 3. The van der Waals surface area contributed by atoms with Gasteiger partial charge in [-0.2, -0.15) is 13.2 Å². The molecule has 1 amide bonds. The molecule has 0 atom stereocenters. The van der Waals surface area contributed by atoms with Crippen molar-refractivity contribution in [3.63, 3.8) is 0 Å². The van der Waals surface area contributed by atoms with E-state index in [1.807, 2.05) is 27.7 Å². The fourth-order valence-corrected chi connectivity index (χ4v) is 2.21. The number of halogens is 3. The van der Waals surface area contributed by atoms with E-state index in [9.17, 15) is 18.0 Å². The number of amides is 1. The number of guanidine groups is 1. The monoisotopic (exact) mass is 416 g/mol. The molecule has 1 aromatic carbocycles. The molecule has 0 saturated carbocycles. The first-order valence-electron chi connectivity index (χ1n) is 9.52. The molecule has 0 aromatic heterocycles. The topological polar surface area (TPSA) is 74.8 Å². The van der Waals surface area contributed by atoms with Gasteiger partial charge < -0.3 is 20.7 Å². The first kappa shape index (κ1) is 24.6. The summed E-state index contributed by atoms with van der Waals surface area (Å²) in [5, 5.41) is 8.98. The zero-order valence-electron chi connectivity index (χ0n) is 17.7. The molecule has 9 heteroatoms. The third kappa shape index (κ3) is 10.0. The first-order chi connectivity index (χ1) is 13.4. The van der Waals surface area contributed by atoms with Crippen LogP contribution in [-0.4, -0.2) is 44.3 Å². The average molecular weight is 416 g/mol. The lowest BCUT2D eigenvalue weighted by Gasteiger charge is -2.18. The molecule has 0 radical (unpaired) electrons. The Morgan fingerprint density at radius 2 is 1.76 bits per heavy atom. The third-order valence-corrected chi connectivity index (χ3v) is 3.75. The Balaban J connectivity index is 2.71. The highest BCUT2D eigenvalue weighted by Gasteiger charge is 2.28. The molecule has 0 aliphatic rings. The van der Waals surface area contributed by atoms with Gasteiger partial charge in [0.1, 0.15) is 5.75 Å². The molecule has 0 bridgehead atoms. The van der Waals surface area contributed by atoms with E-state index in [0.29, 0.717) is 31.2 Å². The fourth-order valence-electron chi connectivity index (χ4n) is 2.21. The van der Waals surface area contributed by atoms with Gasteiger partial charge in [0, 0.05) is 30.6 Å². The van der Waals surface area contributed by atoms with Crippen molar-refractivity contribution >= 4 is 11.9 Å². The summed E-state index contributed by atoms with van der Waals surface area (Å²) in [7, 11) is 0. The maximum atomic E-state index is 12.5. The molecule has 164 valence electrons. The number of aryl methyl sites for hydroxylation is 1. The minimum Gasteiger partial charge on any atom is -0.484 e. The molecule has 0 aliphatic heterocycles. The van der Waals surface area contributed by atoms with Crippen LogP contribution in [-0.2, 0) is 11.3 Å². The van der Waals surface area contributed by atoms with Crippen LogP contribution in [0.4, 0.5) is 13.2 Å². The van der Waals surface area contributed by atoms with Gasteiger partial charge in [-0.3, -0.25) is 4.79 Å². The number of aliphatic imine (C=N–C) groups is 1. The molecule has 0 spiro atoms. The summed E-state index contributed by atoms with van der Waals surface area (Å²) in [5.74, 6) is 0.617. The fraction of sp³-hybridized carbons (Fsp3) is 0.600. The Kier molecular flexibility index (Phi) is 9.26. The molecule has 0 saturated heterocycles. The number of carbonyl (C=O) groups is 1. The second-order valence-corrected chi connectivity index (χ2v) is 7.64. The molecular formula is C20H31F3N4O2. The second-order valence-electron chi connectivity index (χ2n) is 7.64. The summed E-state index contributed by atoms with van der Waals surface area (Å²) in [6.45, 7) is 9.49. The largest absolute Gasteiger partial charge is 0.484 e. The first-order valence-corrected chi connectivity index (χ1v) is 9.52. The van der Waals surface area contributed by atoms with Gasteiger partial charge in [0.2, 0.25) is 5.91 Å². The molecule has 29 heavy (non-hydrogen) atoms. The van der Waals surface area contributed by atoms with Crippen LogP contribution in [0.5, 0.6) is 5.75 Å². The Bertz CT molecular complexity index is 698. The highest BCUT2D eigenvalue weighted by Crippen LogP contribution is 2.24. The lowest BCUT2D eigenvalue weighted by Crippen LogP contribution is -2.43. The summed E-state index contributed by atoms with van der Waals surface area (Å²) in [6.07, 6.45) is -4.40. The van der Waals surface area contributed by atoms with Crippen LogP contribution < -0.4 is 20.7 Å². The molecule has 0 heterocycles. The molecular weight excluding hydrogens is 385 g/mol. The number of carbonyl (C=O) groups excluding carboxylic acids is 1. The molecule has 0 aliphatic carbocycles. The zero-order valence-corrected chi connectivity index (χ0v) is 17.7. The average Bonchev–Trinajstić information content (AvgIpc) is 2.60. The summed E-state index contributed by atoms with van der Waals surface area (Å²) >= 11 is 0. The number of ether oxygens (including phenoxy) is 1. The highest BCUT2D eigenvalue weighted by atomic mass is 19.4. The molecule has 1 rings (SSSR count). The third-order valence-electron chi connectivity index (χ3n) is 3.75. The van der Waals surface area contributed by atoms with Crippen molar-refractivity contribution in [2.24, 2.45) is 10.4 Å². The lowest BCUT2D eigenvalue weighted by molar-refractivity contribution is -0.153. The maximum Gasteiger partial charge on any atom is 0.422 e. The lowest BCUT2D eigenvalue weighted by atomic mass is 9.96. The second kappa shape index (κ2) is 10.9. The van der Waals surface area contributed by atoms with Crippen LogP contribution in [0.15, 0.2) is 23.2 Å². The quantitative estimate of drug-likeness (QED) is 0.346. The van der Waals surface area contributed by atoms with Crippen LogP contribution in [0.3, 0.4) is 0 Å².